The van der Waals surface area contributed by atoms with E-state index in [1.54, 1.807) is 41.1 Å². The Hall–Kier alpha value is -2.56. The summed E-state index contributed by atoms with van der Waals surface area (Å²) in [7, 11) is 0. The molecular formula is C23H21Cl2N5O3S. The quantitative estimate of drug-likeness (QED) is 0.309. The molecule has 1 aliphatic rings. The third-order valence-electron chi connectivity index (χ3n) is 5.38. The first-order valence-electron chi connectivity index (χ1n) is 10.5. The van der Waals surface area contributed by atoms with E-state index in [-0.39, 0.29) is 12.6 Å². The van der Waals surface area contributed by atoms with Crippen LogP contribution in [-0.4, -0.2) is 49.9 Å². The average molecular weight is 518 g/mol. The van der Waals surface area contributed by atoms with Gasteiger partial charge in [-0.1, -0.05) is 41.0 Å². The molecule has 4 aromatic rings. The van der Waals surface area contributed by atoms with E-state index >= 15 is 0 Å². The van der Waals surface area contributed by atoms with Gasteiger partial charge in [-0.3, -0.25) is 4.57 Å². The normalized spacial score (nSPS) is 20.0. The molecule has 0 unspecified atom stereocenters. The summed E-state index contributed by atoms with van der Waals surface area (Å²) in [5, 5.41) is 6.11. The van der Waals surface area contributed by atoms with Gasteiger partial charge in [0, 0.05) is 28.7 Å². The van der Waals surface area contributed by atoms with Crippen LogP contribution in [0.5, 0.6) is 5.75 Å². The minimum Gasteiger partial charge on any atom is -0.491 e. The zero-order valence-corrected chi connectivity index (χ0v) is 20.5. The second-order valence-electron chi connectivity index (χ2n) is 7.61. The van der Waals surface area contributed by atoms with Crippen molar-refractivity contribution in [1.82, 2.24) is 24.3 Å². The molecule has 0 amide bonds. The Bertz CT molecular complexity index is 1250. The number of hydrogen-bond donors (Lipinski definition) is 0. The van der Waals surface area contributed by atoms with Crippen LogP contribution in [0.25, 0.3) is 5.69 Å². The highest BCUT2D eigenvalue weighted by molar-refractivity contribution is 7.98. The summed E-state index contributed by atoms with van der Waals surface area (Å²) < 4.78 is 22.2. The highest BCUT2D eigenvalue weighted by atomic mass is 35.5. The minimum absolute atomic E-state index is 0.280. The predicted molar refractivity (Wildman–Crippen MR) is 130 cm³/mol. The molecule has 2 aromatic heterocycles. The molecule has 1 aliphatic heterocycles. The zero-order valence-electron chi connectivity index (χ0n) is 18.2. The summed E-state index contributed by atoms with van der Waals surface area (Å²) in [6.07, 6.45) is 8.47. The minimum atomic E-state index is -1.14. The van der Waals surface area contributed by atoms with Gasteiger partial charge in [0.25, 0.3) is 0 Å². The van der Waals surface area contributed by atoms with E-state index < -0.39 is 5.79 Å². The van der Waals surface area contributed by atoms with Gasteiger partial charge < -0.3 is 14.2 Å². The van der Waals surface area contributed by atoms with Crippen molar-refractivity contribution in [3.63, 3.8) is 0 Å². The van der Waals surface area contributed by atoms with E-state index in [9.17, 15) is 0 Å². The number of ether oxygens (including phenoxy) is 3. The van der Waals surface area contributed by atoms with Gasteiger partial charge in [-0.15, -0.1) is 0 Å². The maximum absolute atomic E-state index is 6.51. The lowest BCUT2D eigenvalue weighted by Gasteiger charge is -2.29. The Kier molecular flexibility index (Phi) is 6.80. The molecule has 0 saturated carbocycles. The Morgan fingerprint density at radius 1 is 1.21 bits per heavy atom. The van der Waals surface area contributed by atoms with Gasteiger partial charge in [0.05, 0.1) is 11.6 Å². The van der Waals surface area contributed by atoms with Crippen molar-refractivity contribution in [2.24, 2.45) is 0 Å². The molecule has 0 bridgehead atoms. The summed E-state index contributed by atoms with van der Waals surface area (Å²) in [5.41, 5.74) is 1.68. The fraction of sp³-hybridized carbons (Fsp3) is 0.261. The topological polar surface area (TPSA) is 76.2 Å². The van der Waals surface area contributed by atoms with Gasteiger partial charge in [-0.2, -0.15) is 5.10 Å². The largest absolute Gasteiger partial charge is 0.491 e. The van der Waals surface area contributed by atoms with Crippen molar-refractivity contribution in [2.45, 2.75) is 23.6 Å². The molecule has 3 heterocycles. The highest BCUT2D eigenvalue weighted by Gasteiger charge is 2.45. The summed E-state index contributed by atoms with van der Waals surface area (Å²) in [5.74, 6) is -0.403. The Balaban J connectivity index is 1.29. The Morgan fingerprint density at radius 2 is 2.06 bits per heavy atom. The molecule has 1 fully saturated rings. The van der Waals surface area contributed by atoms with Crippen LogP contribution < -0.4 is 4.74 Å². The van der Waals surface area contributed by atoms with Crippen molar-refractivity contribution in [2.75, 3.05) is 19.5 Å². The summed E-state index contributed by atoms with van der Waals surface area (Å²) in [6.45, 7) is 0.922. The van der Waals surface area contributed by atoms with E-state index in [0.717, 1.165) is 16.6 Å². The number of thioether (sulfide) groups is 1. The van der Waals surface area contributed by atoms with Crippen LogP contribution >= 0.6 is 35.0 Å². The molecule has 5 rings (SSSR count). The van der Waals surface area contributed by atoms with Crippen molar-refractivity contribution < 1.29 is 14.2 Å². The van der Waals surface area contributed by atoms with Gasteiger partial charge >= 0.3 is 0 Å². The first-order valence-corrected chi connectivity index (χ1v) is 12.4. The number of hydrogen-bond acceptors (Lipinski definition) is 7. The molecule has 176 valence electrons. The zero-order chi connectivity index (χ0) is 23.5. The second-order valence-corrected chi connectivity index (χ2v) is 9.23. The SMILES string of the molecule is CSc1nccn1-c1ccc(OC[C@@H]2CO[C@@](Cn3cncn3)(c3ccc(Cl)cc3Cl)O2)cc1. The lowest BCUT2D eigenvalue weighted by molar-refractivity contribution is -0.190. The first kappa shape index (κ1) is 23.2. The number of benzene rings is 2. The summed E-state index contributed by atoms with van der Waals surface area (Å²) in [6, 6.07) is 13.1. The Labute approximate surface area is 210 Å². The van der Waals surface area contributed by atoms with Gasteiger partial charge in [0.15, 0.2) is 5.16 Å². The maximum atomic E-state index is 6.51. The molecular weight excluding hydrogens is 497 g/mol. The fourth-order valence-electron chi connectivity index (χ4n) is 3.81. The van der Waals surface area contributed by atoms with Crippen LogP contribution in [0, 0.1) is 0 Å². The van der Waals surface area contributed by atoms with Crippen LogP contribution in [0.1, 0.15) is 5.56 Å². The molecule has 2 atom stereocenters. The Morgan fingerprint density at radius 3 is 2.79 bits per heavy atom. The molecule has 0 spiro atoms. The van der Waals surface area contributed by atoms with Crippen LogP contribution in [0.2, 0.25) is 10.0 Å². The maximum Gasteiger partial charge on any atom is 0.217 e. The molecule has 2 aromatic carbocycles. The highest BCUT2D eigenvalue weighted by Crippen LogP contribution is 2.40. The lowest BCUT2D eigenvalue weighted by Crippen LogP contribution is -2.35. The van der Waals surface area contributed by atoms with Crippen LogP contribution in [0.3, 0.4) is 0 Å². The van der Waals surface area contributed by atoms with Crippen LogP contribution in [0.15, 0.2) is 72.7 Å². The fourth-order valence-corrected chi connectivity index (χ4v) is 4.89. The van der Waals surface area contributed by atoms with Gasteiger partial charge in [-0.05, 0) is 42.7 Å². The molecule has 0 aliphatic carbocycles. The molecule has 0 N–H and O–H groups in total. The smallest absolute Gasteiger partial charge is 0.217 e. The van der Waals surface area contributed by atoms with Crippen LogP contribution in [-0.2, 0) is 21.8 Å². The number of nitrogens with zero attached hydrogens (tertiary/aromatic N) is 5. The first-order chi connectivity index (χ1) is 16.6. The van der Waals surface area contributed by atoms with E-state index in [4.69, 9.17) is 37.4 Å². The van der Waals surface area contributed by atoms with Gasteiger partial charge in [0.1, 0.15) is 37.7 Å². The van der Waals surface area contributed by atoms with E-state index in [1.807, 2.05) is 47.4 Å². The third-order valence-corrected chi connectivity index (χ3v) is 6.59. The molecule has 1 saturated heterocycles. The van der Waals surface area contributed by atoms with Crippen LogP contribution in [0.4, 0.5) is 0 Å². The number of aromatic nitrogens is 5. The van der Waals surface area contributed by atoms with Crippen molar-refractivity contribution in [3.8, 4) is 11.4 Å². The molecule has 34 heavy (non-hydrogen) atoms. The van der Waals surface area contributed by atoms with Crippen molar-refractivity contribution >= 4 is 35.0 Å². The van der Waals surface area contributed by atoms with Crippen molar-refractivity contribution in [1.29, 1.82) is 0 Å². The number of rotatable bonds is 8. The molecule has 8 nitrogen and oxygen atoms in total. The van der Waals surface area contributed by atoms with E-state index in [0.29, 0.717) is 28.8 Å². The molecule has 11 heteroatoms. The van der Waals surface area contributed by atoms with Crippen molar-refractivity contribution in [3.05, 3.63) is 83.1 Å². The summed E-state index contributed by atoms with van der Waals surface area (Å²) in [4.78, 5) is 8.35. The van der Waals surface area contributed by atoms with E-state index in [2.05, 4.69) is 15.1 Å². The lowest BCUT2D eigenvalue weighted by atomic mass is 10.1. The third kappa shape index (κ3) is 4.80. The average Bonchev–Trinajstić information content (AvgIpc) is 3.60. The number of halogens is 2. The standard InChI is InChI=1S/C23H21Cl2N5O3S/c1-34-22-27-8-9-30(22)17-3-5-18(6-4-17)31-11-19-12-32-23(33-19,13-29-15-26-14-28-29)20-7-2-16(24)10-21(20)25/h2-10,14-15,19H,11-13H2,1H3/t19-,23-/m1/s1. The number of imidazole rings is 1. The second kappa shape index (κ2) is 9.97. The predicted octanol–water partition coefficient (Wildman–Crippen LogP) is 4.84. The monoisotopic (exact) mass is 517 g/mol. The molecule has 0 radical (unpaired) electrons. The van der Waals surface area contributed by atoms with E-state index in [1.165, 1.54) is 6.33 Å². The van der Waals surface area contributed by atoms with Gasteiger partial charge in [-0.25, -0.2) is 14.6 Å². The van der Waals surface area contributed by atoms with Gasteiger partial charge in [0.2, 0.25) is 5.79 Å². The summed E-state index contributed by atoms with van der Waals surface area (Å²) >= 11 is 14.2.